The molecule has 3 rings (SSSR count). The molecule has 1 aliphatic carbocycles. The molecule has 2 aromatic carbocycles. The highest BCUT2D eigenvalue weighted by atomic mass is 35.5. The topological polar surface area (TPSA) is 72.2 Å². The number of halogens is 1. The predicted octanol–water partition coefficient (Wildman–Crippen LogP) is 3.18. The first-order chi connectivity index (χ1) is 12.6. The van der Waals surface area contributed by atoms with E-state index in [9.17, 15) is 9.59 Å². The molecule has 3 N–H and O–H groups in total. The SMILES string of the molecule is Cl.NC(Cc1ccccc1)C(=O)NCC(=O)C1(c2ccccc2)CCCC1. The van der Waals surface area contributed by atoms with E-state index in [0.717, 1.165) is 36.8 Å². The zero-order chi connectivity index (χ0) is 18.4. The fourth-order valence-corrected chi connectivity index (χ4v) is 3.89. The summed E-state index contributed by atoms with van der Waals surface area (Å²) < 4.78 is 0. The van der Waals surface area contributed by atoms with Crippen molar-refractivity contribution in [3.8, 4) is 0 Å². The van der Waals surface area contributed by atoms with E-state index in [1.807, 2.05) is 60.7 Å². The monoisotopic (exact) mass is 386 g/mol. The smallest absolute Gasteiger partial charge is 0.237 e. The second-order valence-corrected chi connectivity index (χ2v) is 7.09. The van der Waals surface area contributed by atoms with E-state index in [-0.39, 0.29) is 30.6 Å². The normalized spacial score (nSPS) is 16.2. The first-order valence-corrected chi connectivity index (χ1v) is 9.28. The third-order valence-electron chi connectivity index (χ3n) is 5.38. The minimum atomic E-state index is -0.651. The lowest BCUT2D eigenvalue weighted by Crippen LogP contribution is -2.47. The number of amides is 1. The number of Topliss-reactive ketones (excluding diaryl/α,β-unsaturated/α-hetero) is 1. The van der Waals surface area contributed by atoms with E-state index in [4.69, 9.17) is 5.73 Å². The summed E-state index contributed by atoms with van der Waals surface area (Å²) in [5.74, 6) is -0.190. The van der Waals surface area contributed by atoms with Crippen LogP contribution in [0.3, 0.4) is 0 Å². The van der Waals surface area contributed by atoms with Crippen molar-refractivity contribution in [1.82, 2.24) is 5.32 Å². The molecule has 5 heteroatoms. The van der Waals surface area contributed by atoms with Gasteiger partial charge in [-0.25, -0.2) is 0 Å². The molecule has 1 amide bonds. The molecule has 144 valence electrons. The van der Waals surface area contributed by atoms with Gasteiger partial charge in [0.15, 0.2) is 5.78 Å². The van der Waals surface area contributed by atoms with Gasteiger partial charge in [0.25, 0.3) is 0 Å². The maximum absolute atomic E-state index is 13.0. The van der Waals surface area contributed by atoms with Crippen LogP contribution >= 0.6 is 12.4 Å². The summed E-state index contributed by atoms with van der Waals surface area (Å²) in [5.41, 5.74) is 7.62. The fourth-order valence-electron chi connectivity index (χ4n) is 3.89. The predicted molar refractivity (Wildman–Crippen MR) is 110 cm³/mol. The van der Waals surface area contributed by atoms with Crippen molar-refractivity contribution in [2.75, 3.05) is 6.54 Å². The summed E-state index contributed by atoms with van der Waals surface area (Å²) in [7, 11) is 0. The number of carbonyl (C=O) groups excluding carboxylic acids is 2. The Balaban J connectivity index is 0.00000261. The summed E-state index contributed by atoms with van der Waals surface area (Å²) in [6.07, 6.45) is 4.25. The molecule has 0 spiro atoms. The summed E-state index contributed by atoms with van der Waals surface area (Å²) in [6.45, 7) is 0.0379. The van der Waals surface area contributed by atoms with Gasteiger partial charge in [0.1, 0.15) is 0 Å². The van der Waals surface area contributed by atoms with Crippen molar-refractivity contribution in [3.05, 3.63) is 71.8 Å². The summed E-state index contributed by atoms with van der Waals surface area (Å²) in [6, 6.07) is 19.0. The molecule has 0 heterocycles. The van der Waals surface area contributed by atoms with Crippen LogP contribution in [0.5, 0.6) is 0 Å². The molecule has 0 saturated heterocycles. The van der Waals surface area contributed by atoms with E-state index < -0.39 is 11.5 Å². The molecule has 0 bridgehead atoms. The van der Waals surface area contributed by atoms with Crippen LogP contribution < -0.4 is 11.1 Å². The maximum Gasteiger partial charge on any atom is 0.237 e. The zero-order valence-corrected chi connectivity index (χ0v) is 16.2. The lowest BCUT2D eigenvalue weighted by molar-refractivity contribution is -0.128. The van der Waals surface area contributed by atoms with Crippen molar-refractivity contribution in [1.29, 1.82) is 0 Å². The van der Waals surface area contributed by atoms with Crippen molar-refractivity contribution in [3.63, 3.8) is 0 Å². The van der Waals surface area contributed by atoms with Crippen LogP contribution in [0, 0.1) is 0 Å². The van der Waals surface area contributed by atoms with Crippen molar-refractivity contribution < 1.29 is 9.59 Å². The van der Waals surface area contributed by atoms with Gasteiger partial charge in [0, 0.05) is 0 Å². The zero-order valence-electron chi connectivity index (χ0n) is 15.4. The van der Waals surface area contributed by atoms with Gasteiger partial charge < -0.3 is 11.1 Å². The Hall–Kier alpha value is -2.17. The van der Waals surface area contributed by atoms with Crippen LogP contribution in [-0.2, 0) is 21.4 Å². The Kier molecular flexibility index (Phi) is 7.57. The van der Waals surface area contributed by atoms with Gasteiger partial charge in [-0.15, -0.1) is 12.4 Å². The molecule has 2 aromatic rings. The Labute approximate surface area is 166 Å². The molecule has 1 atom stereocenters. The molecular weight excluding hydrogens is 360 g/mol. The molecule has 1 unspecified atom stereocenters. The molecule has 1 saturated carbocycles. The van der Waals surface area contributed by atoms with Crippen LogP contribution in [0.1, 0.15) is 36.8 Å². The Morgan fingerprint density at radius 3 is 2.11 bits per heavy atom. The van der Waals surface area contributed by atoms with E-state index in [1.54, 1.807) is 0 Å². The number of nitrogens with one attached hydrogen (secondary N) is 1. The van der Waals surface area contributed by atoms with E-state index >= 15 is 0 Å². The number of benzene rings is 2. The molecule has 27 heavy (non-hydrogen) atoms. The average molecular weight is 387 g/mol. The Bertz CT molecular complexity index is 743. The lowest BCUT2D eigenvalue weighted by Gasteiger charge is -2.28. The van der Waals surface area contributed by atoms with E-state index in [1.165, 1.54) is 0 Å². The number of nitrogens with two attached hydrogens (primary N) is 1. The van der Waals surface area contributed by atoms with Crippen molar-refractivity contribution >= 4 is 24.1 Å². The van der Waals surface area contributed by atoms with Gasteiger partial charge in [-0.2, -0.15) is 0 Å². The highest BCUT2D eigenvalue weighted by Gasteiger charge is 2.42. The third kappa shape index (κ3) is 4.96. The quantitative estimate of drug-likeness (QED) is 0.767. The summed E-state index contributed by atoms with van der Waals surface area (Å²) >= 11 is 0. The first kappa shape index (κ1) is 21.1. The maximum atomic E-state index is 13.0. The van der Waals surface area contributed by atoms with Crippen LogP contribution in [0.2, 0.25) is 0 Å². The highest BCUT2D eigenvalue weighted by molar-refractivity contribution is 5.95. The molecule has 0 aliphatic heterocycles. The Morgan fingerprint density at radius 1 is 0.963 bits per heavy atom. The summed E-state index contributed by atoms with van der Waals surface area (Å²) in [4.78, 5) is 25.3. The number of ketones is 1. The minimum Gasteiger partial charge on any atom is -0.348 e. The minimum absolute atomic E-state index is 0. The van der Waals surface area contributed by atoms with Gasteiger partial charge in [-0.3, -0.25) is 9.59 Å². The van der Waals surface area contributed by atoms with Gasteiger partial charge in [0.05, 0.1) is 18.0 Å². The molecule has 4 nitrogen and oxygen atoms in total. The van der Waals surface area contributed by atoms with E-state index in [0.29, 0.717) is 6.42 Å². The molecule has 0 aromatic heterocycles. The fraction of sp³-hybridized carbons (Fsp3) is 0.364. The molecule has 1 fully saturated rings. The number of carbonyl (C=O) groups is 2. The average Bonchev–Trinajstić information content (AvgIpc) is 3.18. The van der Waals surface area contributed by atoms with Gasteiger partial charge in [-0.05, 0) is 30.4 Å². The van der Waals surface area contributed by atoms with Gasteiger partial charge in [-0.1, -0.05) is 73.5 Å². The highest BCUT2D eigenvalue weighted by Crippen LogP contribution is 2.41. The van der Waals surface area contributed by atoms with Crippen LogP contribution in [0.4, 0.5) is 0 Å². The molecule has 0 radical (unpaired) electrons. The largest absolute Gasteiger partial charge is 0.348 e. The number of rotatable bonds is 7. The molecular formula is C22H27ClN2O2. The number of hydrogen-bond donors (Lipinski definition) is 2. The van der Waals surface area contributed by atoms with Gasteiger partial charge >= 0.3 is 0 Å². The lowest BCUT2D eigenvalue weighted by atomic mass is 9.75. The van der Waals surface area contributed by atoms with Crippen LogP contribution in [0.25, 0.3) is 0 Å². The Morgan fingerprint density at radius 2 is 1.52 bits per heavy atom. The van der Waals surface area contributed by atoms with Crippen LogP contribution in [-0.4, -0.2) is 24.3 Å². The van der Waals surface area contributed by atoms with Crippen LogP contribution in [0.15, 0.2) is 60.7 Å². The first-order valence-electron chi connectivity index (χ1n) is 9.28. The van der Waals surface area contributed by atoms with Crippen molar-refractivity contribution in [2.45, 2.75) is 43.6 Å². The van der Waals surface area contributed by atoms with E-state index in [2.05, 4.69) is 5.32 Å². The molecule has 1 aliphatic rings. The third-order valence-corrected chi connectivity index (χ3v) is 5.38. The standard InChI is InChI=1S/C22H26N2O2.ClH/c23-19(15-17-9-3-1-4-10-17)21(26)24-16-20(25)22(13-7-8-14-22)18-11-5-2-6-12-18;/h1-6,9-12,19H,7-8,13-16,23H2,(H,24,26);1H. The summed E-state index contributed by atoms with van der Waals surface area (Å²) in [5, 5.41) is 2.76. The van der Waals surface area contributed by atoms with Crippen molar-refractivity contribution in [2.24, 2.45) is 5.73 Å². The number of hydrogen-bond acceptors (Lipinski definition) is 3. The second-order valence-electron chi connectivity index (χ2n) is 7.09. The van der Waals surface area contributed by atoms with Gasteiger partial charge in [0.2, 0.25) is 5.91 Å². The second kappa shape index (κ2) is 9.67.